The van der Waals surface area contributed by atoms with Crippen LogP contribution in [0.25, 0.3) is 11.3 Å². The Morgan fingerprint density at radius 1 is 1.40 bits per heavy atom. The third-order valence-electron chi connectivity index (χ3n) is 2.14. The van der Waals surface area contributed by atoms with Crippen LogP contribution in [0.5, 0.6) is 5.75 Å². The van der Waals surface area contributed by atoms with E-state index in [9.17, 15) is 5.11 Å². The van der Waals surface area contributed by atoms with Crippen molar-refractivity contribution in [1.29, 1.82) is 0 Å². The number of rotatable bonds is 3. The molecule has 0 amide bonds. The van der Waals surface area contributed by atoms with Crippen molar-refractivity contribution in [3.63, 3.8) is 0 Å². The molecule has 78 valence electrons. The SMILES string of the molecule is CNCc1cc(-c2cccc(O)c2)n[nH]1. The van der Waals surface area contributed by atoms with E-state index in [1.54, 1.807) is 18.2 Å². The van der Waals surface area contributed by atoms with Crippen LogP contribution in [-0.4, -0.2) is 22.4 Å². The molecule has 0 unspecified atom stereocenters. The van der Waals surface area contributed by atoms with E-state index in [2.05, 4.69) is 15.5 Å². The van der Waals surface area contributed by atoms with Crippen LogP contribution in [0.15, 0.2) is 30.3 Å². The van der Waals surface area contributed by atoms with E-state index < -0.39 is 0 Å². The molecule has 0 aliphatic rings. The number of nitrogens with zero attached hydrogens (tertiary/aromatic N) is 1. The van der Waals surface area contributed by atoms with Gasteiger partial charge in [-0.25, -0.2) is 0 Å². The average Bonchev–Trinajstić information content (AvgIpc) is 2.67. The number of H-pyrrole nitrogens is 1. The first-order chi connectivity index (χ1) is 7.29. The van der Waals surface area contributed by atoms with Gasteiger partial charge >= 0.3 is 0 Å². The molecular formula is C11H13N3O. The van der Waals surface area contributed by atoms with Crippen LogP contribution in [0.2, 0.25) is 0 Å². The van der Waals surface area contributed by atoms with Gasteiger partial charge in [-0.3, -0.25) is 5.10 Å². The van der Waals surface area contributed by atoms with Crippen LogP contribution >= 0.6 is 0 Å². The summed E-state index contributed by atoms with van der Waals surface area (Å²) >= 11 is 0. The number of phenolic OH excluding ortho intramolecular Hbond substituents is 1. The van der Waals surface area contributed by atoms with Gasteiger partial charge in [0.2, 0.25) is 0 Å². The highest BCUT2D eigenvalue weighted by atomic mass is 16.3. The maximum Gasteiger partial charge on any atom is 0.116 e. The van der Waals surface area contributed by atoms with Gasteiger partial charge in [0.15, 0.2) is 0 Å². The molecule has 1 aromatic heterocycles. The molecule has 1 heterocycles. The molecule has 2 rings (SSSR count). The summed E-state index contributed by atoms with van der Waals surface area (Å²) in [6, 6.07) is 9.02. The van der Waals surface area contributed by atoms with Gasteiger partial charge in [0.05, 0.1) is 5.69 Å². The number of nitrogens with one attached hydrogen (secondary N) is 2. The Balaban J connectivity index is 2.29. The molecule has 1 aromatic carbocycles. The van der Waals surface area contributed by atoms with E-state index in [0.717, 1.165) is 23.5 Å². The van der Waals surface area contributed by atoms with Crippen molar-refractivity contribution in [2.75, 3.05) is 7.05 Å². The number of phenols is 1. The molecule has 0 radical (unpaired) electrons. The fourth-order valence-electron chi connectivity index (χ4n) is 1.46. The average molecular weight is 203 g/mol. The predicted octanol–water partition coefficient (Wildman–Crippen LogP) is 1.50. The summed E-state index contributed by atoms with van der Waals surface area (Å²) < 4.78 is 0. The van der Waals surface area contributed by atoms with Crippen molar-refractivity contribution in [3.05, 3.63) is 36.0 Å². The minimum absolute atomic E-state index is 0.255. The predicted molar refractivity (Wildman–Crippen MR) is 58.5 cm³/mol. The molecular weight excluding hydrogens is 190 g/mol. The first-order valence-corrected chi connectivity index (χ1v) is 4.78. The highest BCUT2D eigenvalue weighted by Gasteiger charge is 2.03. The second kappa shape index (κ2) is 4.14. The lowest BCUT2D eigenvalue weighted by Gasteiger charge is -1.96. The molecule has 0 saturated heterocycles. The molecule has 0 fully saturated rings. The summed E-state index contributed by atoms with van der Waals surface area (Å²) in [5.41, 5.74) is 2.78. The Kier molecular flexibility index (Phi) is 2.69. The maximum absolute atomic E-state index is 9.33. The summed E-state index contributed by atoms with van der Waals surface area (Å²) in [5, 5.41) is 19.5. The first-order valence-electron chi connectivity index (χ1n) is 4.78. The molecule has 0 spiro atoms. The van der Waals surface area contributed by atoms with E-state index in [1.165, 1.54) is 0 Å². The van der Waals surface area contributed by atoms with Crippen molar-refractivity contribution in [2.45, 2.75) is 6.54 Å². The lowest BCUT2D eigenvalue weighted by Crippen LogP contribution is -2.04. The molecule has 3 N–H and O–H groups in total. The zero-order valence-electron chi connectivity index (χ0n) is 8.49. The highest BCUT2D eigenvalue weighted by Crippen LogP contribution is 2.21. The third kappa shape index (κ3) is 2.16. The molecule has 0 bridgehead atoms. The normalized spacial score (nSPS) is 10.5. The maximum atomic E-state index is 9.33. The van der Waals surface area contributed by atoms with Gasteiger partial charge in [-0.05, 0) is 25.2 Å². The second-order valence-electron chi connectivity index (χ2n) is 3.36. The molecule has 2 aromatic rings. The number of hydrogen-bond acceptors (Lipinski definition) is 3. The minimum atomic E-state index is 0.255. The lowest BCUT2D eigenvalue weighted by atomic mass is 10.1. The van der Waals surface area contributed by atoms with E-state index in [1.807, 2.05) is 19.2 Å². The van der Waals surface area contributed by atoms with Crippen LogP contribution in [0.3, 0.4) is 0 Å². The fraction of sp³-hybridized carbons (Fsp3) is 0.182. The highest BCUT2D eigenvalue weighted by molar-refractivity contribution is 5.61. The lowest BCUT2D eigenvalue weighted by molar-refractivity contribution is 0.475. The van der Waals surface area contributed by atoms with Crippen molar-refractivity contribution >= 4 is 0 Å². The monoisotopic (exact) mass is 203 g/mol. The Morgan fingerprint density at radius 3 is 3.00 bits per heavy atom. The molecule has 0 atom stereocenters. The van der Waals surface area contributed by atoms with Crippen LogP contribution in [-0.2, 0) is 6.54 Å². The van der Waals surface area contributed by atoms with Gasteiger partial charge < -0.3 is 10.4 Å². The summed E-state index contributed by atoms with van der Waals surface area (Å²) in [4.78, 5) is 0. The van der Waals surface area contributed by atoms with Crippen molar-refractivity contribution < 1.29 is 5.11 Å². The molecule has 0 aliphatic heterocycles. The van der Waals surface area contributed by atoms with Crippen molar-refractivity contribution in [2.24, 2.45) is 0 Å². The number of benzene rings is 1. The van der Waals surface area contributed by atoms with Gasteiger partial charge in [0, 0.05) is 17.8 Å². The fourth-order valence-corrected chi connectivity index (χ4v) is 1.46. The van der Waals surface area contributed by atoms with Crippen LogP contribution < -0.4 is 5.32 Å². The van der Waals surface area contributed by atoms with E-state index in [4.69, 9.17) is 0 Å². The molecule has 4 heteroatoms. The van der Waals surface area contributed by atoms with Crippen molar-refractivity contribution in [3.8, 4) is 17.0 Å². The number of aromatic nitrogens is 2. The zero-order chi connectivity index (χ0) is 10.7. The Bertz CT molecular complexity index is 451. The van der Waals surface area contributed by atoms with Crippen molar-refractivity contribution in [1.82, 2.24) is 15.5 Å². The molecule has 0 saturated carbocycles. The van der Waals surface area contributed by atoms with Gasteiger partial charge in [0.25, 0.3) is 0 Å². The van der Waals surface area contributed by atoms with Crippen LogP contribution in [0.4, 0.5) is 0 Å². The Hall–Kier alpha value is -1.81. The topological polar surface area (TPSA) is 60.9 Å². The first kappa shape index (κ1) is 9.73. The summed E-state index contributed by atoms with van der Waals surface area (Å²) in [6.07, 6.45) is 0. The quantitative estimate of drug-likeness (QED) is 0.708. The van der Waals surface area contributed by atoms with Gasteiger partial charge in [0.1, 0.15) is 5.75 Å². The number of aromatic hydroxyl groups is 1. The largest absolute Gasteiger partial charge is 0.508 e. The summed E-state index contributed by atoms with van der Waals surface area (Å²) in [7, 11) is 1.88. The smallest absolute Gasteiger partial charge is 0.116 e. The van der Waals surface area contributed by atoms with Gasteiger partial charge in [-0.15, -0.1) is 0 Å². The third-order valence-corrected chi connectivity index (χ3v) is 2.14. The summed E-state index contributed by atoms with van der Waals surface area (Å²) in [6.45, 7) is 0.756. The number of hydrogen-bond donors (Lipinski definition) is 3. The second-order valence-corrected chi connectivity index (χ2v) is 3.36. The molecule has 4 nitrogen and oxygen atoms in total. The van der Waals surface area contributed by atoms with Gasteiger partial charge in [-0.2, -0.15) is 5.10 Å². The zero-order valence-corrected chi connectivity index (χ0v) is 8.49. The minimum Gasteiger partial charge on any atom is -0.508 e. The number of aromatic amines is 1. The summed E-state index contributed by atoms with van der Waals surface area (Å²) in [5.74, 6) is 0.255. The van der Waals surface area contributed by atoms with E-state index in [-0.39, 0.29) is 5.75 Å². The van der Waals surface area contributed by atoms with E-state index in [0.29, 0.717) is 0 Å². The van der Waals surface area contributed by atoms with Crippen LogP contribution in [0.1, 0.15) is 5.69 Å². The van der Waals surface area contributed by atoms with E-state index >= 15 is 0 Å². The Morgan fingerprint density at radius 2 is 2.27 bits per heavy atom. The van der Waals surface area contributed by atoms with Gasteiger partial charge in [-0.1, -0.05) is 12.1 Å². The van der Waals surface area contributed by atoms with Crippen LogP contribution in [0, 0.1) is 0 Å². The molecule has 15 heavy (non-hydrogen) atoms. The molecule has 0 aliphatic carbocycles. The Labute approximate surface area is 88.0 Å². The standard InChI is InChI=1S/C11H13N3O/c1-12-7-9-6-11(14-13-9)8-3-2-4-10(15)5-8/h2-6,12,15H,7H2,1H3,(H,13,14).